The quantitative estimate of drug-likeness (QED) is 0.392. The standard InChI is InChI=1S/C7H6N2O4/c1-13-6-3-2-5(4-10)7(8-6)9(11)12/h2-4H,1H3. The smallest absolute Gasteiger partial charge is 0.378 e. The molecule has 0 aliphatic rings. The molecular weight excluding hydrogens is 176 g/mol. The van der Waals surface area contributed by atoms with Crippen LogP contribution in [0, 0.1) is 10.1 Å². The van der Waals surface area contributed by atoms with E-state index in [1.165, 1.54) is 19.2 Å². The largest absolute Gasteiger partial charge is 0.463 e. The highest BCUT2D eigenvalue weighted by atomic mass is 16.6. The van der Waals surface area contributed by atoms with Crippen molar-refractivity contribution < 1.29 is 14.5 Å². The molecule has 0 N–H and O–H groups in total. The van der Waals surface area contributed by atoms with Crippen LogP contribution in [0.3, 0.4) is 0 Å². The van der Waals surface area contributed by atoms with Gasteiger partial charge in [-0.05, 0) is 11.0 Å². The first-order chi connectivity index (χ1) is 6.19. The van der Waals surface area contributed by atoms with Gasteiger partial charge in [-0.2, -0.15) is 0 Å². The first kappa shape index (κ1) is 9.11. The third-order valence-electron chi connectivity index (χ3n) is 1.39. The number of hydrogen-bond acceptors (Lipinski definition) is 5. The summed E-state index contributed by atoms with van der Waals surface area (Å²) in [4.78, 5) is 23.5. The van der Waals surface area contributed by atoms with Crippen molar-refractivity contribution in [3.8, 4) is 5.88 Å². The summed E-state index contributed by atoms with van der Waals surface area (Å²) >= 11 is 0. The number of carbonyl (C=O) groups is 1. The van der Waals surface area contributed by atoms with E-state index in [1.807, 2.05) is 0 Å². The number of rotatable bonds is 3. The molecule has 0 saturated heterocycles. The first-order valence-corrected chi connectivity index (χ1v) is 3.33. The van der Waals surface area contributed by atoms with Crippen molar-refractivity contribution in [3.05, 3.63) is 27.8 Å². The molecule has 68 valence electrons. The summed E-state index contributed by atoms with van der Waals surface area (Å²) in [6, 6.07) is 2.67. The first-order valence-electron chi connectivity index (χ1n) is 3.33. The van der Waals surface area contributed by atoms with Gasteiger partial charge in [0.2, 0.25) is 0 Å². The van der Waals surface area contributed by atoms with Crippen LogP contribution in [0.2, 0.25) is 0 Å². The highest BCUT2D eigenvalue weighted by Crippen LogP contribution is 2.17. The van der Waals surface area contributed by atoms with Gasteiger partial charge in [0, 0.05) is 11.1 Å². The topological polar surface area (TPSA) is 82.3 Å². The van der Waals surface area contributed by atoms with Gasteiger partial charge in [-0.15, -0.1) is 0 Å². The van der Waals surface area contributed by atoms with Crippen LogP contribution in [0.25, 0.3) is 0 Å². The zero-order chi connectivity index (χ0) is 9.84. The van der Waals surface area contributed by atoms with E-state index < -0.39 is 10.7 Å². The number of aldehydes is 1. The molecule has 0 saturated carbocycles. The van der Waals surface area contributed by atoms with Crippen molar-refractivity contribution in [3.63, 3.8) is 0 Å². The molecule has 1 rings (SSSR count). The molecule has 1 aromatic heterocycles. The Labute approximate surface area is 73.3 Å². The van der Waals surface area contributed by atoms with E-state index in [0.717, 1.165) is 0 Å². The van der Waals surface area contributed by atoms with Gasteiger partial charge in [-0.25, -0.2) is 0 Å². The van der Waals surface area contributed by atoms with Crippen LogP contribution >= 0.6 is 0 Å². The Morgan fingerprint density at radius 2 is 2.31 bits per heavy atom. The Balaban J connectivity index is 3.25. The van der Waals surface area contributed by atoms with E-state index in [1.54, 1.807) is 0 Å². The van der Waals surface area contributed by atoms with Crippen molar-refractivity contribution in [1.29, 1.82) is 0 Å². The molecule has 6 heteroatoms. The third kappa shape index (κ3) is 1.78. The summed E-state index contributed by atoms with van der Waals surface area (Å²) in [5.41, 5.74) is -0.0641. The Bertz CT molecular complexity index is 350. The van der Waals surface area contributed by atoms with Crippen molar-refractivity contribution in [1.82, 2.24) is 4.98 Å². The van der Waals surface area contributed by atoms with Gasteiger partial charge in [-0.1, -0.05) is 0 Å². The summed E-state index contributed by atoms with van der Waals surface area (Å²) in [7, 11) is 1.34. The average molecular weight is 182 g/mol. The summed E-state index contributed by atoms with van der Waals surface area (Å²) < 4.78 is 4.67. The molecule has 0 atom stereocenters. The van der Waals surface area contributed by atoms with E-state index in [4.69, 9.17) is 0 Å². The zero-order valence-electron chi connectivity index (χ0n) is 6.76. The van der Waals surface area contributed by atoms with E-state index in [0.29, 0.717) is 6.29 Å². The summed E-state index contributed by atoms with van der Waals surface area (Å²) in [6.07, 6.45) is 0.380. The van der Waals surface area contributed by atoms with Crippen LogP contribution in [-0.2, 0) is 0 Å². The van der Waals surface area contributed by atoms with Crippen LogP contribution in [0.4, 0.5) is 5.82 Å². The molecule has 1 heterocycles. The van der Waals surface area contributed by atoms with Crippen LogP contribution in [0.1, 0.15) is 10.4 Å². The normalized spacial score (nSPS) is 9.31. The van der Waals surface area contributed by atoms with Crippen molar-refractivity contribution in [2.75, 3.05) is 7.11 Å². The maximum absolute atomic E-state index is 10.4. The number of aromatic nitrogens is 1. The lowest BCUT2D eigenvalue weighted by atomic mass is 10.3. The highest BCUT2D eigenvalue weighted by Gasteiger charge is 2.16. The number of nitro groups is 1. The fourth-order valence-electron chi connectivity index (χ4n) is 0.794. The molecule has 0 aliphatic carbocycles. The van der Waals surface area contributed by atoms with Gasteiger partial charge in [0.05, 0.1) is 7.11 Å². The van der Waals surface area contributed by atoms with E-state index >= 15 is 0 Å². The number of ether oxygens (including phenoxy) is 1. The van der Waals surface area contributed by atoms with Crippen molar-refractivity contribution in [2.24, 2.45) is 0 Å². The van der Waals surface area contributed by atoms with Gasteiger partial charge >= 0.3 is 11.7 Å². The lowest BCUT2D eigenvalue weighted by Crippen LogP contribution is -1.99. The number of hydrogen-bond donors (Lipinski definition) is 0. The van der Waals surface area contributed by atoms with Crippen LogP contribution in [0.5, 0.6) is 5.88 Å². The van der Waals surface area contributed by atoms with Gasteiger partial charge in [0.15, 0.2) is 6.29 Å². The molecule has 6 nitrogen and oxygen atoms in total. The molecule has 0 radical (unpaired) electrons. The molecule has 0 aliphatic heterocycles. The van der Waals surface area contributed by atoms with Crippen LogP contribution < -0.4 is 4.74 Å². The minimum atomic E-state index is -0.730. The minimum Gasteiger partial charge on any atom is -0.463 e. The number of pyridine rings is 1. The molecule has 13 heavy (non-hydrogen) atoms. The van der Waals surface area contributed by atoms with E-state index in [-0.39, 0.29) is 11.4 Å². The predicted molar refractivity (Wildman–Crippen MR) is 42.8 cm³/mol. The summed E-state index contributed by atoms with van der Waals surface area (Å²) in [5, 5.41) is 10.4. The molecular formula is C7H6N2O4. The van der Waals surface area contributed by atoms with Gasteiger partial charge in [0.25, 0.3) is 0 Å². The fraction of sp³-hybridized carbons (Fsp3) is 0.143. The Hall–Kier alpha value is -1.98. The lowest BCUT2D eigenvalue weighted by molar-refractivity contribution is -0.389. The second-order valence-electron chi connectivity index (χ2n) is 2.14. The molecule has 0 fully saturated rings. The molecule has 0 amide bonds. The number of nitrogens with zero attached hydrogens (tertiary/aromatic N) is 2. The average Bonchev–Trinajstić information content (AvgIpc) is 2.16. The predicted octanol–water partition coefficient (Wildman–Crippen LogP) is 0.811. The maximum atomic E-state index is 10.4. The molecule has 0 aromatic carbocycles. The summed E-state index contributed by atoms with van der Waals surface area (Å²) in [6.45, 7) is 0. The lowest BCUT2D eigenvalue weighted by Gasteiger charge is -1.96. The highest BCUT2D eigenvalue weighted by molar-refractivity contribution is 5.80. The second kappa shape index (κ2) is 3.61. The molecule has 0 bridgehead atoms. The summed E-state index contributed by atoms with van der Waals surface area (Å²) in [5.74, 6) is -0.383. The monoisotopic (exact) mass is 182 g/mol. The Morgan fingerprint density at radius 1 is 1.62 bits per heavy atom. The van der Waals surface area contributed by atoms with Crippen LogP contribution in [-0.4, -0.2) is 23.3 Å². The maximum Gasteiger partial charge on any atom is 0.378 e. The zero-order valence-corrected chi connectivity index (χ0v) is 6.76. The number of carbonyl (C=O) groups excluding carboxylic acids is 1. The SMILES string of the molecule is COc1ccc(C=O)c([N+](=O)[O-])n1. The van der Waals surface area contributed by atoms with Gasteiger partial charge < -0.3 is 14.9 Å². The van der Waals surface area contributed by atoms with Crippen LogP contribution in [0.15, 0.2) is 12.1 Å². The second-order valence-corrected chi connectivity index (χ2v) is 2.14. The molecule has 0 spiro atoms. The van der Waals surface area contributed by atoms with Gasteiger partial charge in [0.1, 0.15) is 5.56 Å². The molecule has 1 aromatic rings. The van der Waals surface area contributed by atoms with Crippen molar-refractivity contribution >= 4 is 12.1 Å². The number of methoxy groups -OCH3 is 1. The van der Waals surface area contributed by atoms with Crippen molar-refractivity contribution in [2.45, 2.75) is 0 Å². The van der Waals surface area contributed by atoms with E-state index in [9.17, 15) is 14.9 Å². The Kier molecular flexibility index (Phi) is 2.53. The molecule has 0 unspecified atom stereocenters. The van der Waals surface area contributed by atoms with Gasteiger partial charge in [-0.3, -0.25) is 4.79 Å². The van der Waals surface area contributed by atoms with E-state index in [2.05, 4.69) is 9.72 Å². The Morgan fingerprint density at radius 3 is 2.77 bits per heavy atom. The fourth-order valence-corrected chi connectivity index (χ4v) is 0.794. The minimum absolute atomic E-state index is 0.0641. The third-order valence-corrected chi connectivity index (χ3v) is 1.39.